The van der Waals surface area contributed by atoms with E-state index >= 15 is 0 Å². The van der Waals surface area contributed by atoms with Gasteiger partial charge in [0.2, 0.25) is 0 Å². The number of hydrogen-bond acceptors (Lipinski definition) is 3. The number of aryl methyl sites for hydroxylation is 2. The Labute approximate surface area is 172 Å². The van der Waals surface area contributed by atoms with Crippen LogP contribution < -0.4 is 4.74 Å². The van der Waals surface area contributed by atoms with Crippen molar-refractivity contribution in [2.75, 3.05) is 6.54 Å². The second kappa shape index (κ2) is 9.89. The van der Waals surface area contributed by atoms with E-state index in [1.54, 1.807) is 0 Å². The topological polar surface area (TPSA) is 49.8 Å². The first-order valence-electron chi connectivity index (χ1n) is 9.82. The molecule has 3 aromatic carbocycles. The molecular formula is C25H27NO3. The predicted molar refractivity (Wildman–Crippen MR) is 115 cm³/mol. The summed E-state index contributed by atoms with van der Waals surface area (Å²) in [6, 6.07) is 24.1. The summed E-state index contributed by atoms with van der Waals surface area (Å²) in [5, 5.41) is 9.15. The van der Waals surface area contributed by atoms with Gasteiger partial charge in [0.1, 0.15) is 11.5 Å². The highest BCUT2D eigenvalue weighted by Crippen LogP contribution is 2.23. The van der Waals surface area contributed by atoms with Crippen LogP contribution in [0.25, 0.3) is 0 Å². The Hall–Kier alpha value is -3.11. The molecule has 150 valence electrons. The first-order chi connectivity index (χ1) is 14.0. The number of ether oxygens (including phenoxy) is 1. The Morgan fingerprint density at radius 3 is 2.41 bits per heavy atom. The molecule has 29 heavy (non-hydrogen) atoms. The Kier molecular flexibility index (Phi) is 7.04. The van der Waals surface area contributed by atoms with Crippen LogP contribution >= 0.6 is 0 Å². The summed E-state index contributed by atoms with van der Waals surface area (Å²) in [7, 11) is 0. The van der Waals surface area contributed by atoms with Crippen molar-refractivity contribution in [1.29, 1.82) is 0 Å². The molecule has 0 atom stereocenters. The number of rotatable bonds is 9. The van der Waals surface area contributed by atoms with Gasteiger partial charge in [0.05, 0.1) is 6.42 Å². The lowest BCUT2D eigenvalue weighted by Crippen LogP contribution is -2.26. The third-order valence-electron chi connectivity index (χ3n) is 4.82. The van der Waals surface area contributed by atoms with Crippen LogP contribution in [0.15, 0.2) is 72.8 Å². The number of aliphatic carboxylic acids is 1. The molecule has 0 heterocycles. The molecule has 0 spiro atoms. The van der Waals surface area contributed by atoms with Crippen molar-refractivity contribution in [3.63, 3.8) is 0 Å². The van der Waals surface area contributed by atoms with Gasteiger partial charge < -0.3 is 9.84 Å². The van der Waals surface area contributed by atoms with E-state index in [9.17, 15) is 4.79 Å². The van der Waals surface area contributed by atoms with Gasteiger partial charge in [0.15, 0.2) is 0 Å². The predicted octanol–water partition coefficient (Wildman–Crippen LogP) is 5.57. The lowest BCUT2D eigenvalue weighted by atomic mass is 10.0. The average molecular weight is 389 g/mol. The Morgan fingerprint density at radius 1 is 0.897 bits per heavy atom. The summed E-state index contributed by atoms with van der Waals surface area (Å²) < 4.78 is 5.94. The van der Waals surface area contributed by atoms with Crippen LogP contribution in [0.2, 0.25) is 0 Å². The molecule has 1 N–H and O–H groups in total. The zero-order chi connectivity index (χ0) is 20.6. The van der Waals surface area contributed by atoms with Gasteiger partial charge in [-0.25, -0.2) is 0 Å². The molecule has 0 aliphatic carbocycles. The second-order valence-corrected chi connectivity index (χ2v) is 7.35. The van der Waals surface area contributed by atoms with Gasteiger partial charge in [-0.15, -0.1) is 0 Å². The maximum absolute atomic E-state index is 11.1. The van der Waals surface area contributed by atoms with Gasteiger partial charge in [-0.3, -0.25) is 9.69 Å². The van der Waals surface area contributed by atoms with Gasteiger partial charge in [-0.1, -0.05) is 54.1 Å². The van der Waals surface area contributed by atoms with E-state index in [1.165, 1.54) is 16.7 Å². The highest BCUT2D eigenvalue weighted by atomic mass is 16.5. The number of nitrogens with zero attached hydrogens (tertiary/aromatic N) is 1. The molecule has 0 aliphatic heterocycles. The molecule has 4 heteroatoms. The van der Waals surface area contributed by atoms with Crippen molar-refractivity contribution >= 4 is 5.97 Å². The quantitative estimate of drug-likeness (QED) is 0.520. The SMILES string of the molecule is Cc1ccc(C)c(CN(CCC(=O)O)Cc2cccc(Oc3ccccc3)c2)c1. The fraction of sp³-hybridized carbons (Fsp3) is 0.240. The standard InChI is InChI=1S/C25H27NO3/c1-19-11-12-20(2)22(15-19)18-26(14-13-25(27)28)17-21-7-6-10-24(16-21)29-23-8-4-3-5-9-23/h3-12,15-16H,13-14,17-18H2,1-2H3,(H,27,28). The number of carboxylic acids is 1. The van der Waals surface area contributed by atoms with E-state index in [4.69, 9.17) is 9.84 Å². The Morgan fingerprint density at radius 2 is 1.66 bits per heavy atom. The molecule has 0 unspecified atom stereocenters. The summed E-state index contributed by atoms with van der Waals surface area (Å²) in [5.41, 5.74) is 4.75. The lowest BCUT2D eigenvalue weighted by Gasteiger charge is -2.23. The zero-order valence-electron chi connectivity index (χ0n) is 17.0. The maximum atomic E-state index is 11.1. The number of hydrogen-bond donors (Lipinski definition) is 1. The molecule has 0 amide bonds. The number of carboxylic acid groups (broad SMARTS) is 1. The van der Waals surface area contributed by atoms with Gasteiger partial charge in [-0.2, -0.15) is 0 Å². The van der Waals surface area contributed by atoms with Crippen molar-refractivity contribution < 1.29 is 14.6 Å². The van der Waals surface area contributed by atoms with Gasteiger partial charge in [0.25, 0.3) is 0 Å². The van der Waals surface area contributed by atoms with Crippen LogP contribution in [0.5, 0.6) is 11.5 Å². The third kappa shape index (κ3) is 6.47. The molecule has 0 radical (unpaired) electrons. The minimum atomic E-state index is -0.780. The van der Waals surface area contributed by atoms with Gasteiger partial charge in [0, 0.05) is 19.6 Å². The molecule has 0 saturated heterocycles. The van der Waals surface area contributed by atoms with Crippen LogP contribution in [-0.2, 0) is 17.9 Å². The van der Waals surface area contributed by atoms with E-state index in [0.717, 1.165) is 17.1 Å². The summed E-state index contributed by atoms with van der Waals surface area (Å²) in [6.45, 7) is 6.04. The van der Waals surface area contributed by atoms with Crippen molar-refractivity contribution in [1.82, 2.24) is 4.90 Å². The van der Waals surface area contributed by atoms with E-state index in [1.807, 2.05) is 48.5 Å². The van der Waals surface area contributed by atoms with Gasteiger partial charge in [-0.05, 0) is 54.8 Å². The fourth-order valence-electron chi connectivity index (χ4n) is 3.27. The summed E-state index contributed by atoms with van der Waals surface area (Å²) >= 11 is 0. The minimum absolute atomic E-state index is 0.116. The number of carbonyl (C=O) groups is 1. The average Bonchev–Trinajstić information content (AvgIpc) is 2.70. The van der Waals surface area contributed by atoms with E-state index in [2.05, 4.69) is 43.0 Å². The molecule has 0 bridgehead atoms. The number of benzene rings is 3. The first kappa shape index (κ1) is 20.6. The van der Waals surface area contributed by atoms with Crippen LogP contribution in [0.4, 0.5) is 0 Å². The van der Waals surface area contributed by atoms with Crippen LogP contribution in [0, 0.1) is 13.8 Å². The normalized spacial score (nSPS) is 10.9. The largest absolute Gasteiger partial charge is 0.481 e. The molecule has 0 aromatic heterocycles. The van der Waals surface area contributed by atoms with E-state index in [-0.39, 0.29) is 6.42 Å². The second-order valence-electron chi connectivity index (χ2n) is 7.35. The molecule has 4 nitrogen and oxygen atoms in total. The van der Waals surface area contributed by atoms with E-state index in [0.29, 0.717) is 19.6 Å². The third-order valence-corrected chi connectivity index (χ3v) is 4.82. The van der Waals surface area contributed by atoms with Crippen molar-refractivity contribution in [3.05, 3.63) is 95.1 Å². The summed E-state index contributed by atoms with van der Waals surface area (Å²) in [4.78, 5) is 13.3. The maximum Gasteiger partial charge on any atom is 0.304 e. The van der Waals surface area contributed by atoms with Crippen molar-refractivity contribution in [2.24, 2.45) is 0 Å². The van der Waals surface area contributed by atoms with Crippen molar-refractivity contribution in [2.45, 2.75) is 33.4 Å². The molecular weight excluding hydrogens is 362 g/mol. The smallest absolute Gasteiger partial charge is 0.304 e. The number of para-hydroxylation sites is 1. The Balaban J connectivity index is 1.75. The lowest BCUT2D eigenvalue weighted by molar-refractivity contribution is -0.137. The summed E-state index contributed by atoms with van der Waals surface area (Å²) in [6.07, 6.45) is 0.116. The van der Waals surface area contributed by atoms with Crippen LogP contribution in [0.3, 0.4) is 0 Å². The monoisotopic (exact) mass is 389 g/mol. The molecule has 0 saturated carbocycles. The molecule has 3 aromatic rings. The van der Waals surface area contributed by atoms with Crippen molar-refractivity contribution in [3.8, 4) is 11.5 Å². The summed E-state index contributed by atoms with van der Waals surface area (Å²) in [5.74, 6) is 0.790. The van der Waals surface area contributed by atoms with Crippen LogP contribution in [0.1, 0.15) is 28.7 Å². The fourth-order valence-corrected chi connectivity index (χ4v) is 3.27. The van der Waals surface area contributed by atoms with E-state index < -0.39 is 5.97 Å². The highest BCUT2D eigenvalue weighted by Gasteiger charge is 2.12. The van der Waals surface area contributed by atoms with Gasteiger partial charge >= 0.3 is 5.97 Å². The first-order valence-corrected chi connectivity index (χ1v) is 9.82. The zero-order valence-corrected chi connectivity index (χ0v) is 17.0. The molecule has 0 fully saturated rings. The minimum Gasteiger partial charge on any atom is -0.481 e. The highest BCUT2D eigenvalue weighted by molar-refractivity contribution is 5.66. The Bertz CT molecular complexity index is 953. The van der Waals surface area contributed by atoms with Crippen LogP contribution in [-0.4, -0.2) is 22.5 Å². The molecule has 0 aliphatic rings. The molecule has 3 rings (SSSR count).